The van der Waals surface area contributed by atoms with E-state index in [0.717, 1.165) is 19.3 Å². The maximum Gasteiger partial charge on any atom is 0.348 e. The number of amides is 1. The number of hydrogen-bond donors (Lipinski definition) is 1. The SMILES string of the molecule is COc1ccc(Cl)cc1NC(=O)COC(=O)c1cc2c(s1)CC[C@H](C)C2. The van der Waals surface area contributed by atoms with Crippen LogP contribution in [-0.2, 0) is 22.4 Å². The lowest BCUT2D eigenvalue weighted by Gasteiger charge is -2.16. The van der Waals surface area contributed by atoms with Gasteiger partial charge in [0.15, 0.2) is 6.61 Å². The number of hydrogen-bond acceptors (Lipinski definition) is 5. The molecule has 0 saturated carbocycles. The zero-order valence-corrected chi connectivity index (χ0v) is 16.2. The van der Waals surface area contributed by atoms with Gasteiger partial charge in [-0.05, 0) is 55.0 Å². The zero-order chi connectivity index (χ0) is 18.7. The number of benzene rings is 1. The first-order valence-electron chi connectivity index (χ1n) is 8.38. The van der Waals surface area contributed by atoms with Gasteiger partial charge in [0.05, 0.1) is 12.8 Å². The van der Waals surface area contributed by atoms with Crippen LogP contribution in [0, 0.1) is 5.92 Å². The number of anilines is 1. The minimum absolute atomic E-state index is 0.368. The molecule has 0 bridgehead atoms. The molecule has 0 aliphatic heterocycles. The number of methoxy groups -OCH3 is 1. The quantitative estimate of drug-likeness (QED) is 0.768. The maximum atomic E-state index is 12.2. The molecule has 7 heteroatoms. The Balaban J connectivity index is 1.58. The van der Waals surface area contributed by atoms with Gasteiger partial charge < -0.3 is 14.8 Å². The molecule has 0 saturated heterocycles. The Morgan fingerprint density at radius 1 is 1.35 bits per heavy atom. The number of carbonyl (C=O) groups is 2. The van der Waals surface area contributed by atoms with E-state index < -0.39 is 11.9 Å². The van der Waals surface area contributed by atoms with Crippen molar-refractivity contribution in [2.45, 2.75) is 26.2 Å². The zero-order valence-electron chi connectivity index (χ0n) is 14.6. The van der Waals surface area contributed by atoms with Gasteiger partial charge in [0, 0.05) is 9.90 Å². The minimum Gasteiger partial charge on any atom is -0.495 e. The molecule has 1 atom stereocenters. The van der Waals surface area contributed by atoms with E-state index in [1.165, 1.54) is 28.9 Å². The predicted octanol–water partition coefficient (Wildman–Crippen LogP) is 4.33. The second-order valence-electron chi connectivity index (χ2n) is 6.38. The first kappa shape index (κ1) is 18.7. The van der Waals surface area contributed by atoms with Crippen LogP contribution in [0.2, 0.25) is 5.02 Å². The fraction of sp³-hybridized carbons (Fsp3) is 0.368. The number of aryl methyl sites for hydroxylation is 1. The molecule has 0 radical (unpaired) electrons. The smallest absolute Gasteiger partial charge is 0.348 e. The van der Waals surface area contributed by atoms with Crippen LogP contribution in [0.5, 0.6) is 5.75 Å². The van der Waals surface area contributed by atoms with E-state index in [-0.39, 0.29) is 6.61 Å². The van der Waals surface area contributed by atoms with Gasteiger partial charge in [-0.25, -0.2) is 4.79 Å². The summed E-state index contributed by atoms with van der Waals surface area (Å²) in [5.41, 5.74) is 1.66. The van der Waals surface area contributed by atoms with Gasteiger partial charge in [0.1, 0.15) is 10.6 Å². The number of carbonyl (C=O) groups excluding carboxylic acids is 2. The van der Waals surface area contributed by atoms with Gasteiger partial charge in [-0.3, -0.25) is 4.79 Å². The van der Waals surface area contributed by atoms with Crippen molar-refractivity contribution in [2.75, 3.05) is 19.0 Å². The normalized spacial score (nSPS) is 15.9. The van der Waals surface area contributed by atoms with Crippen molar-refractivity contribution in [1.82, 2.24) is 0 Å². The Morgan fingerprint density at radius 3 is 2.92 bits per heavy atom. The van der Waals surface area contributed by atoms with Crippen molar-refractivity contribution in [3.63, 3.8) is 0 Å². The van der Waals surface area contributed by atoms with E-state index in [1.807, 2.05) is 6.07 Å². The van der Waals surface area contributed by atoms with E-state index in [1.54, 1.807) is 18.2 Å². The first-order valence-corrected chi connectivity index (χ1v) is 9.58. The van der Waals surface area contributed by atoms with Crippen LogP contribution in [0.1, 0.15) is 33.5 Å². The molecule has 3 rings (SSSR count). The van der Waals surface area contributed by atoms with E-state index in [9.17, 15) is 9.59 Å². The molecule has 1 amide bonds. The summed E-state index contributed by atoms with van der Waals surface area (Å²) in [5, 5.41) is 3.11. The van der Waals surface area contributed by atoms with Crippen molar-refractivity contribution in [3.05, 3.63) is 44.6 Å². The molecule has 0 fully saturated rings. The summed E-state index contributed by atoms with van der Waals surface area (Å²) in [6, 6.07) is 6.79. The summed E-state index contributed by atoms with van der Waals surface area (Å²) in [6.45, 7) is 1.85. The van der Waals surface area contributed by atoms with Crippen LogP contribution >= 0.6 is 22.9 Å². The van der Waals surface area contributed by atoms with E-state index in [4.69, 9.17) is 21.1 Å². The average Bonchev–Trinajstić information content (AvgIpc) is 3.03. The number of nitrogens with one attached hydrogen (secondary N) is 1. The highest BCUT2D eigenvalue weighted by atomic mass is 35.5. The first-order chi connectivity index (χ1) is 12.5. The Labute approximate surface area is 161 Å². The molecule has 1 N–H and O–H groups in total. The van der Waals surface area contributed by atoms with Crippen LogP contribution < -0.4 is 10.1 Å². The Bertz CT molecular complexity index is 833. The standard InChI is InChI=1S/C19H20ClNO4S/c1-11-3-6-16-12(7-11)8-17(26-16)19(23)25-10-18(22)21-14-9-13(20)4-5-15(14)24-2/h4-5,8-9,11H,3,6-7,10H2,1-2H3,(H,21,22)/t11-/m0/s1. The number of esters is 1. The van der Waals surface area contributed by atoms with E-state index >= 15 is 0 Å². The fourth-order valence-corrected chi connectivity index (χ4v) is 4.25. The van der Waals surface area contributed by atoms with Crippen molar-refractivity contribution >= 4 is 40.5 Å². The Hall–Kier alpha value is -2.05. The highest BCUT2D eigenvalue weighted by Gasteiger charge is 2.22. The summed E-state index contributed by atoms with van der Waals surface area (Å²) in [7, 11) is 1.50. The van der Waals surface area contributed by atoms with E-state index in [0.29, 0.717) is 27.3 Å². The second kappa shape index (κ2) is 8.10. The van der Waals surface area contributed by atoms with Crippen LogP contribution in [0.3, 0.4) is 0 Å². The van der Waals surface area contributed by atoms with Crippen molar-refractivity contribution < 1.29 is 19.1 Å². The Morgan fingerprint density at radius 2 is 2.15 bits per heavy atom. The van der Waals surface area contributed by atoms with Gasteiger partial charge in [-0.1, -0.05) is 18.5 Å². The molecular formula is C19H20ClNO4S. The van der Waals surface area contributed by atoms with Gasteiger partial charge in [0.25, 0.3) is 5.91 Å². The third-order valence-electron chi connectivity index (χ3n) is 4.30. The summed E-state index contributed by atoms with van der Waals surface area (Å²) in [6.07, 6.45) is 3.14. The van der Waals surface area contributed by atoms with Crippen LogP contribution in [0.15, 0.2) is 24.3 Å². The number of ether oxygens (including phenoxy) is 2. The van der Waals surface area contributed by atoms with E-state index in [2.05, 4.69) is 12.2 Å². The molecule has 1 aromatic heterocycles. The number of halogens is 1. The fourth-order valence-electron chi connectivity index (χ4n) is 2.97. The van der Waals surface area contributed by atoms with Gasteiger partial charge in [-0.15, -0.1) is 11.3 Å². The molecule has 2 aromatic rings. The summed E-state index contributed by atoms with van der Waals surface area (Å²) >= 11 is 7.40. The largest absolute Gasteiger partial charge is 0.495 e. The molecule has 1 aliphatic rings. The lowest BCUT2D eigenvalue weighted by atomic mass is 9.90. The molecule has 26 heavy (non-hydrogen) atoms. The predicted molar refractivity (Wildman–Crippen MR) is 102 cm³/mol. The Kier molecular flexibility index (Phi) is 5.84. The number of fused-ring (bicyclic) bond motifs is 1. The third kappa shape index (κ3) is 4.37. The maximum absolute atomic E-state index is 12.2. The summed E-state index contributed by atoms with van der Waals surface area (Å²) in [4.78, 5) is 26.1. The lowest BCUT2D eigenvalue weighted by Crippen LogP contribution is -2.21. The summed E-state index contributed by atoms with van der Waals surface area (Å²) in [5.74, 6) is 0.202. The van der Waals surface area contributed by atoms with Crippen molar-refractivity contribution in [1.29, 1.82) is 0 Å². The van der Waals surface area contributed by atoms with Gasteiger partial charge in [0.2, 0.25) is 0 Å². The third-order valence-corrected chi connectivity index (χ3v) is 5.75. The monoisotopic (exact) mass is 393 g/mol. The number of thiophene rings is 1. The van der Waals surface area contributed by atoms with Crippen LogP contribution in [-0.4, -0.2) is 25.6 Å². The second-order valence-corrected chi connectivity index (χ2v) is 7.95. The van der Waals surface area contributed by atoms with Crippen LogP contribution in [0.4, 0.5) is 5.69 Å². The molecule has 0 unspecified atom stereocenters. The summed E-state index contributed by atoms with van der Waals surface area (Å²) < 4.78 is 10.3. The highest BCUT2D eigenvalue weighted by molar-refractivity contribution is 7.14. The molecule has 138 valence electrons. The van der Waals surface area contributed by atoms with Gasteiger partial charge >= 0.3 is 5.97 Å². The lowest BCUT2D eigenvalue weighted by molar-refractivity contribution is -0.119. The van der Waals surface area contributed by atoms with Gasteiger partial charge in [-0.2, -0.15) is 0 Å². The molecule has 1 aliphatic carbocycles. The molecule has 5 nitrogen and oxygen atoms in total. The molecule has 1 aromatic carbocycles. The average molecular weight is 394 g/mol. The van der Waals surface area contributed by atoms with Crippen molar-refractivity contribution in [3.8, 4) is 5.75 Å². The number of rotatable bonds is 5. The molecule has 0 spiro atoms. The van der Waals surface area contributed by atoms with Crippen molar-refractivity contribution in [2.24, 2.45) is 5.92 Å². The minimum atomic E-state index is -0.467. The van der Waals surface area contributed by atoms with Crippen LogP contribution in [0.25, 0.3) is 0 Å². The molecule has 1 heterocycles. The topological polar surface area (TPSA) is 64.6 Å². The molecular weight excluding hydrogens is 374 g/mol. The highest BCUT2D eigenvalue weighted by Crippen LogP contribution is 2.32.